The molecule has 2 rings (SSSR count). The van der Waals surface area contributed by atoms with Gasteiger partial charge in [-0.25, -0.2) is 4.79 Å². The van der Waals surface area contributed by atoms with Crippen LogP contribution in [-0.4, -0.2) is 5.97 Å². The average molecular weight is 353 g/mol. The van der Waals surface area contributed by atoms with E-state index in [-0.39, 0.29) is 5.97 Å². The lowest BCUT2D eigenvalue weighted by Crippen LogP contribution is -2.08. The second kappa shape index (κ2) is 5.39. The number of rotatable bonds is 2. The topological polar surface area (TPSA) is 52.3 Å². The zero-order valence-electron chi connectivity index (χ0n) is 9.81. The molecule has 4 heteroatoms. The third kappa shape index (κ3) is 3.01. The second-order valence-corrected chi connectivity index (χ2v) is 5.16. The van der Waals surface area contributed by atoms with E-state index < -0.39 is 0 Å². The van der Waals surface area contributed by atoms with E-state index in [0.717, 1.165) is 9.13 Å². The molecule has 2 aromatic carbocycles. The van der Waals surface area contributed by atoms with Gasteiger partial charge in [-0.1, -0.05) is 0 Å². The van der Waals surface area contributed by atoms with Gasteiger partial charge < -0.3 is 10.5 Å². The number of hydrogen-bond acceptors (Lipinski definition) is 3. The maximum Gasteiger partial charge on any atom is 0.343 e. The molecule has 0 radical (unpaired) electrons. The number of hydrogen-bond donors (Lipinski definition) is 1. The minimum atomic E-state index is -0.365. The first-order valence-corrected chi connectivity index (χ1v) is 6.48. The Labute approximate surface area is 119 Å². The minimum absolute atomic E-state index is 0.365. The minimum Gasteiger partial charge on any atom is -0.423 e. The van der Waals surface area contributed by atoms with Gasteiger partial charge in [-0.3, -0.25) is 0 Å². The number of aryl methyl sites for hydroxylation is 1. The average Bonchev–Trinajstić information content (AvgIpc) is 2.34. The molecule has 0 saturated carbocycles. The van der Waals surface area contributed by atoms with Gasteiger partial charge in [-0.05, 0) is 77.5 Å². The molecular weight excluding hydrogens is 341 g/mol. The Bertz CT molecular complexity index is 579. The Hall–Kier alpha value is -1.56. The Morgan fingerprint density at radius 3 is 2.44 bits per heavy atom. The van der Waals surface area contributed by atoms with Crippen molar-refractivity contribution in [2.45, 2.75) is 6.92 Å². The van der Waals surface area contributed by atoms with Gasteiger partial charge in [0, 0.05) is 9.26 Å². The van der Waals surface area contributed by atoms with Crippen molar-refractivity contribution < 1.29 is 9.53 Å². The summed E-state index contributed by atoms with van der Waals surface area (Å²) >= 11 is 2.19. The molecule has 0 fully saturated rings. The van der Waals surface area contributed by atoms with Crippen molar-refractivity contribution in [3.8, 4) is 5.75 Å². The summed E-state index contributed by atoms with van der Waals surface area (Å²) in [6.07, 6.45) is 0. The summed E-state index contributed by atoms with van der Waals surface area (Å²) in [6.45, 7) is 1.87. The Kier molecular flexibility index (Phi) is 3.86. The predicted molar refractivity (Wildman–Crippen MR) is 79.7 cm³/mol. The highest BCUT2D eigenvalue weighted by molar-refractivity contribution is 14.1. The molecular formula is C14H12INO2. The predicted octanol–water partition coefficient (Wildman–Crippen LogP) is 3.40. The van der Waals surface area contributed by atoms with Crippen LogP contribution in [0.5, 0.6) is 5.75 Å². The first-order chi connectivity index (χ1) is 8.56. The normalized spacial score (nSPS) is 10.1. The molecule has 0 aliphatic carbocycles. The Morgan fingerprint density at radius 1 is 1.17 bits per heavy atom. The van der Waals surface area contributed by atoms with Gasteiger partial charge in [-0.15, -0.1) is 0 Å². The fraction of sp³-hybridized carbons (Fsp3) is 0.0714. The van der Waals surface area contributed by atoms with Gasteiger partial charge >= 0.3 is 5.97 Å². The molecule has 0 aliphatic rings. The van der Waals surface area contributed by atoms with Crippen molar-refractivity contribution in [2.24, 2.45) is 0 Å². The van der Waals surface area contributed by atoms with E-state index in [2.05, 4.69) is 22.6 Å². The summed E-state index contributed by atoms with van der Waals surface area (Å²) in [5, 5.41) is 0. The van der Waals surface area contributed by atoms with Gasteiger partial charge in [0.05, 0.1) is 5.56 Å². The summed E-state index contributed by atoms with van der Waals surface area (Å²) in [4.78, 5) is 11.9. The number of nitrogen functional groups attached to an aromatic ring is 1. The monoisotopic (exact) mass is 353 g/mol. The first kappa shape index (κ1) is 12.9. The van der Waals surface area contributed by atoms with Crippen LogP contribution < -0.4 is 10.5 Å². The van der Waals surface area contributed by atoms with Crippen LogP contribution in [0.4, 0.5) is 5.69 Å². The van der Waals surface area contributed by atoms with Gasteiger partial charge in [-0.2, -0.15) is 0 Å². The maximum absolute atomic E-state index is 11.9. The van der Waals surface area contributed by atoms with Gasteiger partial charge in [0.25, 0.3) is 0 Å². The number of benzene rings is 2. The molecule has 0 aliphatic heterocycles. The lowest BCUT2D eigenvalue weighted by atomic mass is 10.2. The highest BCUT2D eigenvalue weighted by atomic mass is 127. The van der Waals surface area contributed by atoms with E-state index in [0.29, 0.717) is 17.0 Å². The first-order valence-electron chi connectivity index (χ1n) is 5.40. The van der Waals surface area contributed by atoms with E-state index in [9.17, 15) is 4.79 Å². The second-order valence-electron chi connectivity index (χ2n) is 3.91. The Balaban J connectivity index is 2.16. The van der Waals surface area contributed by atoms with Crippen LogP contribution >= 0.6 is 22.6 Å². The van der Waals surface area contributed by atoms with Crippen molar-refractivity contribution >= 4 is 34.2 Å². The molecule has 0 spiro atoms. The van der Waals surface area contributed by atoms with Crippen molar-refractivity contribution in [1.29, 1.82) is 0 Å². The number of halogens is 1. The van der Waals surface area contributed by atoms with E-state index in [1.807, 2.05) is 19.1 Å². The lowest BCUT2D eigenvalue weighted by Gasteiger charge is -2.06. The Morgan fingerprint density at radius 2 is 1.83 bits per heavy atom. The van der Waals surface area contributed by atoms with Gasteiger partial charge in [0.15, 0.2) is 0 Å². The smallest absolute Gasteiger partial charge is 0.343 e. The SMILES string of the molecule is Cc1cc(OC(=O)c2ccc(I)cc2)ccc1N. The quantitative estimate of drug-likeness (QED) is 0.390. The van der Waals surface area contributed by atoms with Crippen LogP contribution in [0.1, 0.15) is 15.9 Å². The zero-order chi connectivity index (χ0) is 13.1. The molecule has 92 valence electrons. The summed E-state index contributed by atoms with van der Waals surface area (Å²) < 4.78 is 6.36. The van der Waals surface area contributed by atoms with E-state index >= 15 is 0 Å². The number of nitrogens with two attached hydrogens (primary N) is 1. The van der Waals surface area contributed by atoms with Crippen LogP contribution in [-0.2, 0) is 0 Å². The number of ether oxygens (including phenoxy) is 1. The number of anilines is 1. The third-order valence-electron chi connectivity index (χ3n) is 2.53. The van der Waals surface area contributed by atoms with Crippen molar-refractivity contribution in [2.75, 3.05) is 5.73 Å². The molecule has 0 saturated heterocycles. The molecule has 0 amide bonds. The lowest BCUT2D eigenvalue weighted by molar-refractivity contribution is 0.0734. The molecule has 2 N–H and O–H groups in total. The summed E-state index contributed by atoms with van der Waals surface area (Å²) in [7, 11) is 0. The molecule has 0 atom stereocenters. The molecule has 0 heterocycles. The largest absolute Gasteiger partial charge is 0.423 e. The van der Waals surface area contributed by atoms with Crippen LogP contribution in [0.3, 0.4) is 0 Å². The molecule has 2 aromatic rings. The zero-order valence-corrected chi connectivity index (χ0v) is 12.0. The van der Waals surface area contributed by atoms with Crippen LogP contribution in [0.25, 0.3) is 0 Å². The highest BCUT2D eigenvalue weighted by Crippen LogP contribution is 2.19. The molecule has 0 unspecified atom stereocenters. The number of carbonyl (C=O) groups is 1. The fourth-order valence-electron chi connectivity index (χ4n) is 1.46. The van der Waals surface area contributed by atoms with Crippen LogP contribution in [0.2, 0.25) is 0 Å². The van der Waals surface area contributed by atoms with Crippen LogP contribution in [0.15, 0.2) is 42.5 Å². The van der Waals surface area contributed by atoms with Crippen molar-refractivity contribution in [3.63, 3.8) is 0 Å². The molecule has 3 nitrogen and oxygen atoms in total. The molecule has 18 heavy (non-hydrogen) atoms. The van der Waals surface area contributed by atoms with E-state index in [4.69, 9.17) is 10.5 Å². The fourth-order valence-corrected chi connectivity index (χ4v) is 1.82. The molecule has 0 aromatic heterocycles. The van der Waals surface area contributed by atoms with Crippen molar-refractivity contribution in [3.05, 3.63) is 57.2 Å². The van der Waals surface area contributed by atoms with E-state index in [1.54, 1.807) is 30.3 Å². The molecule has 0 bridgehead atoms. The van der Waals surface area contributed by atoms with Crippen molar-refractivity contribution in [1.82, 2.24) is 0 Å². The number of esters is 1. The van der Waals surface area contributed by atoms with E-state index in [1.165, 1.54) is 0 Å². The van der Waals surface area contributed by atoms with Crippen LogP contribution in [0, 0.1) is 10.5 Å². The highest BCUT2D eigenvalue weighted by Gasteiger charge is 2.08. The third-order valence-corrected chi connectivity index (χ3v) is 3.25. The standard InChI is InChI=1S/C14H12INO2/c1-9-8-12(6-7-13(9)16)18-14(17)10-2-4-11(15)5-3-10/h2-8H,16H2,1H3. The summed E-state index contributed by atoms with van der Waals surface area (Å²) in [6, 6.07) is 12.4. The van der Waals surface area contributed by atoms with Gasteiger partial charge in [0.2, 0.25) is 0 Å². The maximum atomic E-state index is 11.9. The summed E-state index contributed by atoms with van der Waals surface area (Å²) in [5.41, 5.74) is 7.81. The van der Waals surface area contributed by atoms with Gasteiger partial charge in [0.1, 0.15) is 5.75 Å². The summed E-state index contributed by atoms with van der Waals surface area (Å²) in [5.74, 6) is 0.140. The number of carbonyl (C=O) groups excluding carboxylic acids is 1.